The number of carbonyl (C=O) groups excluding carboxylic acids is 1. The third kappa shape index (κ3) is 2.59. The molecule has 4 aliphatic rings. The van der Waals surface area contributed by atoms with Crippen molar-refractivity contribution < 1.29 is 24.9 Å². The van der Waals surface area contributed by atoms with Gasteiger partial charge in [0.1, 0.15) is 17.8 Å². The van der Waals surface area contributed by atoms with Crippen LogP contribution >= 0.6 is 0 Å². The highest BCUT2D eigenvalue weighted by atomic mass is 16.5. The van der Waals surface area contributed by atoms with E-state index in [2.05, 4.69) is 13.8 Å². The summed E-state index contributed by atoms with van der Waals surface area (Å²) in [5.41, 5.74) is -0.841. The molecule has 5 nitrogen and oxygen atoms in total. The van der Waals surface area contributed by atoms with Crippen LogP contribution in [0.5, 0.6) is 0 Å². The van der Waals surface area contributed by atoms with Crippen molar-refractivity contribution in [2.24, 2.45) is 34.5 Å². The molecule has 0 aliphatic heterocycles. The highest BCUT2D eigenvalue weighted by Gasteiger charge is 2.75. The van der Waals surface area contributed by atoms with Gasteiger partial charge in [-0.05, 0) is 61.5 Å². The fourth-order valence-electron chi connectivity index (χ4n) is 6.98. The number of fused-ring (bicyclic) bond motifs is 3. The van der Waals surface area contributed by atoms with Crippen LogP contribution in [0.3, 0.4) is 0 Å². The average Bonchev–Trinajstić information content (AvgIpc) is 3.15. The molecule has 0 aromatic carbocycles. The van der Waals surface area contributed by atoms with Crippen LogP contribution in [0.25, 0.3) is 0 Å². The van der Waals surface area contributed by atoms with E-state index in [0.29, 0.717) is 11.5 Å². The first-order chi connectivity index (χ1) is 13.9. The maximum absolute atomic E-state index is 14.2. The van der Waals surface area contributed by atoms with Crippen molar-refractivity contribution in [2.45, 2.75) is 65.8 Å². The van der Waals surface area contributed by atoms with Crippen molar-refractivity contribution >= 4 is 5.78 Å². The topological polar surface area (TPSA) is 87.0 Å². The van der Waals surface area contributed by atoms with Crippen molar-refractivity contribution in [3.63, 3.8) is 0 Å². The Kier molecular flexibility index (Phi) is 5.02. The summed E-state index contributed by atoms with van der Waals surface area (Å²) in [6.07, 6.45) is 4.20. The molecule has 3 N–H and O–H groups in total. The molecule has 0 radical (unpaired) electrons. The van der Waals surface area contributed by atoms with Gasteiger partial charge in [-0.15, -0.1) is 0 Å². The minimum atomic E-state index is -1.84. The number of aliphatic hydroxyl groups is 3. The fraction of sp³-hybridized carbons (Fsp3) is 0.720. The molecule has 4 aliphatic carbocycles. The van der Waals surface area contributed by atoms with Gasteiger partial charge in [0.15, 0.2) is 5.78 Å². The zero-order valence-electron chi connectivity index (χ0n) is 19.0. The molecule has 0 aromatic rings. The molecule has 166 valence electrons. The second-order valence-corrected chi connectivity index (χ2v) is 10.9. The van der Waals surface area contributed by atoms with Crippen molar-refractivity contribution in [1.29, 1.82) is 0 Å². The smallest absolute Gasteiger partial charge is 0.153 e. The molecule has 4 rings (SSSR count). The number of hydrogen-bond donors (Lipinski definition) is 3. The minimum Gasteiger partial charge on any atom is -0.392 e. The maximum atomic E-state index is 14.2. The molecule has 2 fully saturated rings. The average molecular weight is 417 g/mol. The number of allylic oxidation sites excluding steroid dienone is 2. The minimum absolute atomic E-state index is 0.0364. The molecular weight excluding hydrogens is 380 g/mol. The molecule has 5 heteroatoms. The molecule has 2 bridgehead atoms. The monoisotopic (exact) mass is 416 g/mol. The summed E-state index contributed by atoms with van der Waals surface area (Å²) in [5.74, 6) is -0.0485. The molecule has 8 unspecified atom stereocenters. The first-order valence-corrected chi connectivity index (χ1v) is 11.1. The van der Waals surface area contributed by atoms with E-state index in [-0.39, 0.29) is 29.6 Å². The van der Waals surface area contributed by atoms with Crippen LogP contribution in [0.15, 0.2) is 34.9 Å². The largest absolute Gasteiger partial charge is 0.392 e. The number of hydrogen-bond acceptors (Lipinski definition) is 5. The molecule has 1 spiro atoms. The Labute approximate surface area is 179 Å². The predicted molar refractivity (Wildman–Crippen MR) is 115 cm³/mol. The SMILES string of the molecule is CC(C)=CCOC1C(C)=CC23C(=O)C(C=C(CO)C(O)C12O)C1C(CC3C)C1(C)C. The Morgan fingerprint density at radius 3 is 2.60 bits per heavy atom. The molecule has 8 atom stereocenters. The van der Waals surface area contributed by atoms with Crippen LogP contribution in [0.1, 0.15) is 48.0 Å². The maximum Gasteiger partial charge on any atom is 0.153 e. The number of ether oxygens (including phenoxy) is 1. The third-order valence-electron chi connectivity index (χ3n) is 8.65. The van der Waals surface area contributed by atoms with Crippen LogP contribution in [0.2, 0.25) is 0 Å². The second-order valence-electron chi connectivity index (χ2n) is 10.9. The van der Waals surface area contributed by atoms with Gasteiger partial charge in [-0.3, -0.25) is 4.79 Å². The van der Waals surface area contributed by atoms with Gasteiger partial charge in [-0.25, -0.2) is 0 Å². The molecule has 30 heavy (non-hydrogen) atoms. The highest BCUT2D eigenvalue weighted by molar-refractivity contribution is 5.95. The van der Waals surface area contributed by atoms with E-state index in [0.717, 1.165) is 17.6 Å². The van der Waals surface area contributed by atoms with E-state index >= 15 is 0 Å². The van der Waals surface area contributed by atoms with Gasteiger partial charge in [0, 0.05) is 5.92 Å². The molecule has 0 heterocycles. The summed E-state index contributed by atoms with van der Waals surface area (Å²) in [4.78, 5) is 14.2. The lowest BCUT2D eigenvalue weighted by Crippen LogP contribution is -2.65. The zero-order valence-corrected chi connectivity index (χ0v) is 19.0. The highest BCUT2D eigenvalue weighted by Crippen LogP contribution is 2.71. The number of Topliss-reactive ketones (excluding diaryl/α,β-unsaturated/α-hetero) is 1. The van der Waals surface area contributed by atoms with Crippen molar-refractivity contribution in [3.8, 4) is 0 Å². The van der Waals surface area contributed by atoms with Crippen LogP contribution in [0, 0.1) is 34.5 Å². The molecule has 0 amide bonds. The lowest BCUT2D eigenvalue weighted by Gasteiger charge is -2.49. The first-order valence-electron chi connectivity index (χ1n) is 11.1. The summed E-state index contributed by atoms with van der Waals surface area (Å²) in [7, 11) is 0. The van der Waals surface area contributed by atoms with Gasteiger partial charge in [0.2, 0.25) is 0 Å². The number of rotatable bonds is 4. The van der Waals surface area contributed by atoms with E-state index in [4.69, 9.17) is 4.74 Å². The molecular formula is C25H36O5. The summed E-state index contributed by atoms with van der Waals surface area (Å²) in [6, 6.07) is 0. The van der Waals surface area contributed by atoms with Crippen LogP contribution in [-0.2, 0) is 9.53 Å². The van der Waals surface area contributed by atoms with E-state index < -0.39 is 35.7 Å². The van der Waals surface area contributed by atoms with E-state index in [1.165, 1.54) is 0 Å². The predicted octanol–water partition coefficient (Wildman–Crippen LogP) is 2.81. The molecule has 0 aromatic heterocycles. The van der Waals surface area contributed by atoms with Crippen LogP contribution in [0.4, 0.5) is 0 Å². The summed E-state index contributed by atoms with van der Waals surface area (Å²) in [6.45, 7) is 12.1. The first kappa shape index (κ1) is 21.9. The second kappa shape index (κ2) is 6.86. The Bertz CT molecular complexity index is 848. The normalized spacial score (nSPS) is 46.1. The molecule has 2 saturated carbocycles. The van der Waals surface area contributed by atoms with Gasteiger partial charge in [0.05, 0.1) is 18.6 Å². The van der Waals surface area contributed by atoms with Crippen LogP contribution < -0.4 is 0 Å². The number of carbonyl (C=O) groups is 1. The Morgan fingerprint density at radius 2 is 2.00 bits per heavy atom. The lowest BCUT2D eigenvalue weighted by molar-refractivity contribution is -0.197. The van der Waals surface area contributed by atoms with Gasteiger partial charge in [-0.1, -0.05) is 44.6 Å². The molecule has 0 saturated heterocycles. The Balaban J connectivity index is 1.88. The van der Waals surface area contributed by atoms with Crippen LogP contribution in [-0.4, -0.2) is 52.1 Å². The van der Waals surface area contributed by atoms with Crippen molar-refractivity contribution in [3.05, 3.63) is 34.9 Å². The summed E-state index contributed by atoms with van der Waals surface area (Å²) >= 11 is 0. The summed E-state index contributed by atoms with van der Waals surface area (Å²) in [5, 5.41) is 33.7. The Hall–Kier alpha value is -1.27. The van der Waals surface area contributed by atoms with E-state index in [9.17, 15) is 20.1 Å². The van der Waals surface area contributed by atoms with E-state index in [1.54, 1.807) is 6.08 Å². The van der Waals surface area contributed by atoms with Gasteiger partial charge in [0.25, 0.3) is 0 Å². The van der Waals surface area contributed by atoms with Gasteiger partial charge < -0.3 is 20.1 Å². The van der Waals surface area contributed by atoms with E-state index in [1.807, 2.05) is 39.8 Å². The lowest BCUT2D eigenvalue weighted by atomic mass is 9.59. The van der Waals surface area contributed by atoms with Gasteiger partial charge in [-0.2, -0.15) is 0 Å². The summed E-state index contributed by atoms with van der Waals surface area (Å²) < 4.78 is 6.10. The fourth-order valence-corrected chi connectivity index (χ4v) is 6.98. The number of ketones is 1. The van der Waals surface area contributed by atoms with Gasteiger partial charge >= 0.3 is 0 Å². The van der Waals surface area contributed by atoms with Crippen molar-refractivity contribution in [2.75, 3.05) is 13.2 Å². The quantitative estimate of drug-likeness (QED) is 0.614. The Morgan fingerprint density at radius 1 is 1.33 bits per heavy atom. The third-order valence-corrected chi connectivity index (χ3v) is 8.65. The van der Waals surface area contributed by atoms with Crippen molar-refractivity contribution in [1.82, 2.24) is 0 Å². The standard InChI is InChI=1S/C25H36O5/c1-13(2)7-8-30-22-14(3)11-24-15(4)9-18-19(23(18,5)6)17(21(24)28)10-16(12-26)20(27)25(22,24)29/h7,10-11,15,17-20,22,26-27,29H,8-9,12H2,1-6H3. The zero-order chi connectivity index (χ0) is 22.2. The number of aliphatic hydroxyl groups excluding tert-OH is 2.